The van der Waals surface area contributed by atoms with E-state index in [4.69, 9.17) is 9.94 Å². The van der Waals surface area contributed by atoms with Crippen LogP contribution in [0.5, 0.6) is 5.75 Å². The number of nitrogens with one attached hydrogen (secondary N) is 1. The molecule has 7 heteroatoms. The van der Waals surface area contributed by atoms with Crippen molar-refractivity contribution in [2.45, 2.75) is 13.0 Å². The molecule has 1 aliphatic heterocycles. The molecule has 1 aliphatic rings. The Bertz CT molecular complexity index is 809. The van der Waals surface area contributed by atoms with Crippen LogP contribution in [0, 0.1) is 5.82 Å². The van der Waals surface area contributed by atoms with Gasteiger partial charge in [-0.15, -0.1) is 0 Å². The van der Waals surface area contributed by atoms with Crippen molar-refractivity contribution in [3.8, 4) is 5.75 Å². The molecule has 0 saturated carbocycles. The van der Waals surface area contributed by atoms with Gasteiger partial charge in [0, 0.05) is 11.1 Å². The maximum atomic E-state index is 14.1. The predicted molar refractivity (Wildman–Crippen MR) is 83.5 cm³/mol. The van der Waals surface area contributed by atoms with E-state index in [2.05, 4.69) is 0 Å². The fraction of sp³-hybridized carbons (Fsp3) is 0.176. The number of halogens is 1. The molecular formula is C17H15FN2O4. The van der Waals surface area contributed by atoms with Gasteiger partial charge in [-0.25, -0.2) is 9.87 Å². The summed E-state index contributed by atoms with van der Waals surface area (Å²) < 4.78 is 19.5. The molecule has 0 aromatic heterocycles. The predicted octanol–water partition coefficient (Wildman–Crippen LogP) is 2.43. The van der Waals surface area contributed by atoms with Crippen LogP contribution in [0.3, 0.4) is 0 Å². The van der Waals surface area contributed by atoms with E-state index < -0.39 is 17.8 Å². The van der Waals surface area contributed by atoms with Gasteiger partial charge in [-0.2, -0.15) is 0 Å². The Labute approximate surface area is 137 Å². The molecule has 6 nitrogen and oxygen atoms in total. The lowest BCUT2D eigenvalue weighted by molar-refractivity contribution is -0.121. The highest BCUT2D eigenvalue weighted by atomic mass is 19.1. The Hall–Kier alpha value is -2.93. The Kier molecular flexibility index (Phi) is 4.18. The summed E-state index contributed by atoms with van der Waals surface area (Å²) in [7, 11) is 0. The van der Waals surface area contributed by atoms with Crippen LogP contribution in [0.1, 0.15) is 28.9 Å². The SMILES string of the molecule is CC(c1ccccc1F)N1C(=O)COc2ccc(C(=O)NO)cc21. The van der Waals surface area contributed by atoms with Crippen molar-refractivity contribution in [3.63, 3.8) is 0 Å². The van der Waals surface area contributed by atoms with Gasteiger partial charge in [0.15, 0.2) is 6.61 Å². The first-order chi connectivity index (χ1) is 11.5. The van der Waals surface area contributed by atoms with Gasteiger partial charge in [-0.1, -0.05) is 18.2 Å². The summed E-state index contributed by atoms with van der Waals surface area (Å²) in [6.45, 7) is 1.53. The van der Waals surface area contributed by atoms with E-state index in [1.54, 1.807) is 30.6 Å². The van der Waals surface area contributed by atoms with Crippen LogP contribution < -0.4 is 15.1 Å². The summed E-state index contributed by atoms with van der Waals surface area (Å²) >= 11 is 0. The molecule has 0 radical (unpaired) electrons. The zero-order valence-corrected chi connectivity index (χ0v) is 12.8. The standard InChI is InChI=1S/C17H15FN2O4/c1-10(12-4-2-3-5-13(12)18)20-14-8-11(17(22)19-23)6-7-15(14)24-9-16(20)21/h2-8,10,23H,9H2,1H3,(H,19,22). The monoisotopic (exact) mass is 330 g/mol. The van der Waals surface area contributed by atoms with Crippen molar-refractivity contribution in [1.29, 1.82) is 0 Å². The van der Waals surface area contributed by atoms with E-state index in [0.29, 0.717) is 17.0 Å². The second-order valence-corrected chi connectivity index (χ2v) is 5.37. The molecule has 0 fully saturated rings. The summed E-state index contributed by atoms with van der Waals surface area (Å²) in [5, 5.41) is 8.77. The molecule has 24 heavy (non-hydrogen) atoms. The number of rotatable bonds is 3. The normalized spacial score (nSPS) is 14.6. The van der Waals surface area contributed by atoms with Crippen molar-refractivity contribution >= 4 is 17.5 Å². The zero-order valence-electron chi connectivity index (χ0n) is 12.8. The molecule has 124 valence electrons. The number of carbonyl (C=O) groups is 2. The Morgan fingerprint density at radius 3 is 2.79 bits per heavy atom. The minimum absolute atomic E-state index is 0.153. The molecule has 2 N–H and O–H groups in total. The van der Waals surface area contributed by atoms with Crippen LogP contribution in [-0.4, -0.2) is 23.6 Å². The third-order valence-electron chi connectivity index (χ3n) is 3.94. The average molecular weight is 330 g/mol. The second-order valence-electron chi connectivity index (χ2n) is 5.37. The number of hydroxylamine groups is 1. The highest BCUT2D eigenvalue weighted by molar-refractivity contribution is 6.01. The molecule has 0 aliphatic carbocycles. The molecule has 3 rings (SSSR count). The fourth-order valence-electron chi connectivity index (χ4n) is 2.75. The minimum Gasteiger partial charge on any atom is -0.482 e. The van der Waals surface area contributed by atoms with E-state index >= 15 is 0 Å². The van der Waals surface area contributed by atoms with E-state index in [9.17, 15) is 14.0 Å². The van der Waals surface area contributed by atoms with Gasteiger partial charge in [-0.05, 0) is 31.2 Å². The lowest BCUT2D eigenvalue weighted by Crippen LogP contribution is -2.41. The quantitative estimate of drug-likeness (QED) is 0.669. The molecule has 1 atom stereocenters. The summed E-state index contributed by atoms with van der Waals surface area (Å²) in [5.41, 5.74) is 2.40. The third-order valence-corrected chi connectivity index (χ3v) is 3.94. The second kappa shape index (κ2) is 6.29. The third kappa shape index (κ3) is 2.69. The molecule has 0 saturated heterocycles. The van der Waals surface area contributed by atoms with E-state index in [1.165, 1.54) is 29.2 Å². The van der Waals surface area contributed by atoms with E-state index in [0.717, 1.165) is 0 Å². The molecule has 2 aromatic carbocycles. The van der Waals surface area contributed by atoms with Crippen LogP contribution in [0.2, 0.25) is 0 Å². The number of benzene rings is 2. The van der Waals surface area contributed by atoms with Crippen molar-refractivity contribution < 1.29 is 23.9 Å². The summed E-state index contributed by atoms with van der Waals surface area (Å²) in [6.07, 6.45) is 0. The van der Waals surface area contributed by atoms with Gasteiger partial charge in [0.25, 0.3) is 11.8 Å². The molecule has 2 aromatic rings. The number of nitrogens with zero attached hydrogens (tertiary/aromatic N) is 1. The lowest BCUT2D eigenvalue weighted by atomic mass is 10.0. The lowest BCUT2D eigenvalue weighted by Gasteiger charge is -2.34. The molecule has 1 unspecified atom stereocenters. The van der Waals surface area contributed by atoms with Crippen LogP contribution in [0.4, 0.5) is 10.1 Å². The zero-order chi connectivity index (χ0) is 17.3. The molecule has 2 amide bonds. The Morgan fingerprint density at radius 2 is 2.08 bits per heavy atom. The number of hydrogen-bond acceptors (Lipinski definition) is 4. The number of carbonyl (C=O) groups excluding carboxylic acids is 2. The minimum atomic E-state index is -0.714. The topological polar surface area (TPSA) is 78.9 Å². The number of anilines is 1. The van der Waals surface area contributed by atoms with Gasteiger partial charge in [0.1, 0.15) is 11.6 Å². The van der Waals surface area contributed by atoms with Gasteiger partial charge < -0.3 is 4.74 Å². The average Bonchev–Trinajstić information content (AvgIpc) is 2.60. The first-order valence-electron chi connectivity index (χ1n) is 7.30. The Morgan fingerprint density at radius 1 is 1.33 bits per heavy atom. The number of ether oxygens (including phenoxy) is 1. The number of fused-ring (bicyclic) bond motifs is 1. The first kappa shape index (κ1) is 15.9. The van der Waals surface area contributed by atoms with E-state index in [1.807, 2.05) is 0 Å². The largest absolute Gasteiger partial charge is 0.482 e. The van der Waals surface area contributed by atoms with E-state index in [-0.39, 0.29) is 18.1 Å². The van der Waals surface area contributed by atoms with Crippen LogP contribution >= 0.6 is 0 Å². The molecular weight excluding hydrogens is 315 g/mol. The smallest absolute Gasteiger partial charge is 0.274 e. The summed E-state index contributed by atoms with van der Waals surface area (Å²) in [4.78, 5) is 25.4. The first-order valence-corrected chi connectivity index (χ1v) is 7.30. The van der Waals surface area contributed by atoms with Gasteiger partial charge in [0.05, 0.1) is 11.7 Å². The number of hydrogen-bond donors (Lipinski definition) is 2. The summed E-state index contributed by atoms with van der Waals surface area (Å²) in [6, 6.07) is 10.0. The molecule has 0 spiro atoms. The van der Waals surface area contributed by atoms with Crippen molar-refractivity contribution in [2.75, 3.05) is 11.5 Å². The number of amides is 2. The van der Waals surface area contributed by atoms with Crippen molar-refractivity contribution in [1.82, 2.24) is 5.48 Å². The van der Waals surface area contributed by atoms with Gasteiger partial charge in [0.2, 0.25) is 0 Å². The highest BCUT2D eigenvalue weighted by Crippen LogP contribution is 2.38. The Balaban J connectivity index is 2.07. The van der Waals surface area contributed by atoms with Gasteiger partial charge >= 0.3 is 0 Å². The van der Waals surface area contributed by atoms with Crippen LogP contribution in [-0.2, 0) is 4.79 Å². The summed E-state index contributed by atoms with van der Waals surface area (Å²) in [5.74, 6) is -1.07. The fourth-order valence-corrected chi connectivity index (χ4v) is 2.75. The maximum Gasteiger partial charge on any atom is 0.274 e. The molecule has 0 bridgehead atoms. The maximum absolute atomic E-state index is 14.1. The van der Waals surface area contributed by atoms with Crippen LogP contribution in [0.25, 0.3) is 0 Å². The van der Waals surface area contributed by atoms with Gasteiger partial charge in [-0.3, -0.25) is 19.7 Å². The highest BCUT2D eigenvalue weighted by Gasteiger charge is 2.32. The van der Waals surface area contributed by atoms with Crippen molar-refractivity contribution in [2.24, 2.45) is 0 Å². The van der Waals surface area contributed by atoms with Crippen LogP contribution in [0.15, 0.2) is 42.5 Å². The molecule has 1 heterocycles. The van der Waals surface area contributed by atoms with Crippen molar-refractivity contribution in [3.05, 3.63) is 59.4 Å².